The van der Waals surface area contributed by atoms with Gasteiger partial charge in [-0.3, -0.25) is 14.0 Å². The lowest BCUT2D eigenvalue weighted by atomic mass is 10.3. The number of rotatable bonds is 2. The van der Waals surface area contributed by atoms with Gasteiger partial charge < -0.3 is 10.3 Å². The molecule has 0 aliphatic heterocycles. The number of carbonyl (C=O) groups excluding carboxylic acids is 1. The third kappa shape index (κ3) is 2.37. The zero-order chi connectivity index (χ0) is 15.9. The fraction of sp³-hybridized carbons (Fsp3) is 0.0667. The van der Waals surface area contributed by atoms with Gasteiger partial charge in [-0.15, -0.1) is 0 Å². The van der Waals surface area contributed by atoms with E-state index >= 15 is 0 Å². The number of hydrogen-bond acceptors (Lipinski definition) is 2. The number of carbonyl (C=O) groups is 1. The second-order valence-corrected chi connectivity index (χ2v) is 4.84. The molecule has 2 heterocycles. The molecule has 0 unspecified atom stereocenters. The second kappa shape index (κ2) is 5.10. The molecule has 0 saturated carbocycles. The van der Waals surface area contributed by atoms with E-state index in [1.165, 1.54) is 16.7 Å². The van der Waals surface area contributed by atoms with Gasteiger partial charge >= 0.3 is 0 Å². The van der Waals surface area contributed by atoms with E-state index in [9.17, 15) is 18.4 Å². The molecular weight excluding hydrogens is 292 g/mol. The van der Waals surface area contributed by atoms with Gasteiger partial charge in [-0.1, -0.05) is 0 Å². The summed E-state index contributed by atoms with van der Waals surface area (Å²) in [5.74, 6) is -2.31. The Kier molecular flexibility index (Phi) is 3.25. The average molecular weight is 303 g/mol. The highest BCUT2D eigenvalue weighted by atomic mass is 19.1. The van der Waals surface area contributed by atoms with Crippen molar-refractivity contribution in [2.24, 2.45) is 0 Å². The Morgan fingerprint density at radius 2 is 2.00 bits per heavy atom. The van der Waals surface area contributed by atoms with Crippen LogP contribution in [0, 0.1) is 18.6 Å². The molecule has 5 nitrogen and oxygen atoms in total. The third-order valence-corrected chi connectivity index (χ3v) is 3.19. The summed E-state index contributed by atoms with van der Waals surface area (Å²) in [4.78, 5) is 27.0. The minimum atomic E-state index is -0.892. The normalized spacial score (nSPS) is 10.9. The summed E-state index contributed by atoms with van der Waals surface area (Å²) in [6, 6.07) is 5.90. The number of aromatic nitrogens is 2. The van der Waals surface area contributed by atoms with Crippen LogP contribution in [-0.2, 0) is 0 Å². The smallest absolute Gasteiger partial charge is 0.274 e. The van der Waals surface area contributed by atoms with Crippen molar-refractivity contribution in [3.05, 3.63) is 69.8 Å². The maximum Gasteiger partial charge on any atom is 0.274 e. The molecule has 3 aromatic rings. The van der Waals surface area contributed by atoms with Crippen LogP contribution in [0.15, 0.2) is 41.3 Å². The van der Waals surface area contributed by atoms with Crippen molar-refractivity contribution in [1.82, 2.24) is 9.38 Å². The summed E-state index contributed by atoms with van der Waals surface area (Å²) in [7, 11) is 0. The molecule has 0 atom stereocenters. The summed E-state index contributed by atoms with van der Waals surface area (Å²) in [5, 5.41) is 2.31. The van der Waals surface area contributed by atoms with Crippen LogP contribution in [0.25, 0.3) is 5.65 Å². The number of nitrogens with zero attached hydrogens (tertiary/aromatic N) is 1. The fourth-order valence-electron chi connectivity index (χ4n) is 2.21. The van der Waals surface area contributed by atoms with Gasteiger partial charge in [0.1, 0.15) is 23.0 Å². The first-order valence-corrected chi connectivity index (χ1v) is 6.43. The molecule has 0 aliphatic carbocycles. The van der Waals surface area contributed by atoms with Crippen molar-refractivity contribution < 1.29 is 13.6 Å². The average Bonchev–Trinajstić information content (AvgIpc) is 2.86. The van der Waals surface area contributed by atoms with Gasteiger partial charge in [0, 0.05) is 18.3 Å². The molecule has 0 radical (unpaired) electrons. The lowest BCUT2D eigenvalue weighted by Gasteiger charge is -2.06. The zero-order valence-corrected chi connectivity index (χ0v) is 11.5. The van der Waals surface area contributed by atoms with E-state index in [1.54, 1.807) is 13.0 Å². The Labute approximate surface area is 123 Å². The van der Waals surface area contributed by atoms with Crippen molar-refractivity contribution in [3.8, 4) is 0 Å². The summed E-state index contributed by atoms with van der Waals surface area (Å²) in [6.45, 7) is 1.76. The Balaban J connectivity index is 2.01. The first-order chi connectivity index (χ1) is 10.5. The number of fused-ring (bicyclic) bond motifs is 1. The highest BCUT2D eigenvalue weighted by Gasteiger charge is 2.15. The zero-order valence-electron chi connectivity index (χ0n) is 11.5. The number of nitrogens with one attached hydrogen (secondary N) is 2. The molecular formula is C15H11F2N3O2. The van der Waals surface area contributed by atoms with Gasteiger partial charge in [-0.2, -0.15) is 0 Å². The summed E-state index contributed by atoms with van der Waals surface area (Å²) >= 11 is 0. The lowest BCUT2D eigenvalue weighted by Crippen LogP contribution is -2.21. The Morgan fingerprint density at radius 3 is 2.73 bits per heavy atom. The maximum atomic E-state index is 13.6. The van der Waals surface area contributed by atoms with Crippen LogP contribution in [0.1, 0.15) is 16.1 Å². The number of H-pyrrole nitrogens is 1. The number of pyridine rings is 1. The molecule has 0 saturated heterocycles. The molecule has 0 bridgehead atoms. The minimum Gasteiger partial charge on any atom is -0.345 e. The molecule has 0 spiro atoms. The van der Waals surface area contributed by atoms with E-state index in [2.05, 4.69) is 10.3 Å². The number of hydrogen-bond donors (Lipinski definition) is 2. The molecule has 2 aromatic heterocycles. The Bertz CT molecular complexity index is 944. The van der Waals surface area contributed by atoms with Crippen LogP contribution >= 0.6 is 0 Å². The van der Waals surface area contributed by atoms with Crippen molar-refractivity contribution in [2.75, 3.05) is 5.32 Å². The standard InChI is InChI=1S/C15H11F2N3O2/c1-8-4-13-18-7-12(20(13)14(21)5-8)15(22)19-11-3-2-9(16)6-10(11)17/h2-7,18H,1H3,(H,19,22). The Morgan fingerprint density at radius 1 is 1.23 bits per heavy atom. The molecule has 112 valence electrons. The molecule has 2 N–H and O–H groups in total. The van der Waals surface area contributed by atoms with Gasteiger partial charge in [0.05, 0.1) is 5.69 Å². The van der Waals surface area contributed by atoms with Crippen LogP contribution in [-0.4, -0.2) is 15.3 Å². The number of anilines is 1. The number of halogens is 2. The van der Waals surface area contributed by atoms with Crippen LogP contribution in [0.2, 0.25) is 0 Å². The summed E-state index contributed by atoms with van der Waals surface area (Å²) in [5.41, 5.74) is 0.698. The van der Waals surface area contributed by atoms with Crippen molar-refractivity contribution in [1.29, 1.82) is 0 Å². The molecule has 7 heteroatoms. The molecule has 0 fully saturated rings. The van der Waals surface area contributed by atoms with Gasteiger partial charge in [0.2, 0.25) is 0 Å². The van der Waals surface area contributed by atoms with E-state index in [0.717, 1.165) is 17.7 Å². The first-order valence-electron chi connectivity index (χ1n) is 6.43. The monoisotopic (exact) mass is 303 g/mol. The van der Waals surface area contributed by atoms with E-state index in [4.69, 9.17) is 0 Å². The van der Waals surface area contributed by atoms with Crippen LogP contribution < -0.4 is 10.9 Å². The number of aromatic amines is 1. The van der Waals surface area contributed by atoms with Crippen LogP contribution in [0.5, 0.6) is 0 Å². The summed E-state index contributed by atoms with van der Waals surface area (Å²) in [6.07, 6.45) is 1.35. The van der Waals surface area contributed by atoms with Gasteiger partial charge in [0.15, 0.2) is 0 Å². The fourth-order valence-corrected chi connectivity index (χ4v) is 2.21. The number of aryl methyl sites for hydroxylation is 1. The molecule has 1 amide bonds. The predicted molar refractivity (Wildman–Crippen MR) is 77.1 cm³/mol. The highest BCUT2D eigenvalue weighted by Crippen LogP contribution is 2.16. The van der Waals surface area contributed by atoms with Crippen molar-refractivity contribution in [2.45, 2.75) is 6.92 Å². The summed E-state index contributed by atoms with van der Waals surface area (Å²) < 4.78 is 27.6. The van der Waals surface area contributed by atoms with Gasteiger partial charge in [0.25, 0.3) is 11.5 Å². The number of amides is 1. The topological polar surface area (TPSA) is 66.4 Å². The van der Waals surface area contributed by atoms with Gasteiger partial charge in [-0.05, 0) is 30.7 Å². The van der Waals surface area contributed by atoms with Crippen LogP contribution in [0.4, 0.5) is 14.5 Å². The SMILES string of the molecule is Cc1cc(=O)n2c(C(=O)Nc3ccc(F)cc3F)c[nH]c2c1. The van der Waals surface area contributed by atoms with Crippen molar-refractivity contribution in [3.63, 3.8) is 0 Å². The van der Waals surface area contributed by atoms with E-state index in [-0.39, 0.29) is 16.9 Å². The number of imidazole rings is 1. The largest absolute Gasteiger partial charge is 0.345 e. The molecule has 0 aliphatic rings. The lowest BCUT2D eigenvalue weighted by molar-refractivity contribution is 0.102. The van der Waals surface area contributed by atoms with E-state index < -0.39 is 17.5 Å². The van der Waals surface area contributed by atoms with Gasteiger partial charge in [-0.25, -0.2) is 8.78 Å². The first kappa shape index (κ1) is 14.0. The third-order valence-electron chi connectivity index (χ3n) is 3.19. The molecule has 22 heavy (non-hydrogen) atoms. The second-order valence-electron chi connectivity index (χ2n) is 4.84. The predicted octanol–water partition coefficient (Wildman–Crippen LogP) is 2.47. The molecule has 1 aromatic carbocycles. The maximum absolute atomic E-state index is 13.6. The van der Waals surface area contributed by atoms with Crippen molar-refractivity contribution >= 4 is 17.2 Å². The Hall–Kier alpha value is -2.96. The van der Waals surface area contributed by atoms with E-state index in [0.29, 0.717) is 11.7 Å². The van der Waals surface area contributed by atoms with Crippen LogP contribution in [0.3, 0.4) is 0 Å². The quantitative estimate of drug-likeness (QED) is 0.763. The number of benzene rings is 1. The van der Waals surface area contributed by atoms with E-state index in [1.807, 2.05) is 0 Å². The molecule has 3 rings (SSSR count). The highest BCUT2D eigenvalue weighted by molar-refractivity contribution is 6.03. The minimum absolute atomic E-state index is 0.0312.